The molecule has 6 nitrogen and oxygen atoms in total. The molecule has 1 aromatic rings. The van der Waals surface area contributed by atoms with E-state index < -0.39 is 6.09 Å². The summed E-state index contributed by atoms with van der Waals surface area (Å²) in [5.74, 6) is 0. The van der Waals surface area contributed by atoms with E-state index in [0.717, 1.165) is 26.0 Å². The van der Waals surface area contributed by atoms with Crippen LogP contribution < -0.4 is 5.32 Å². The van der Waals surface area contributed by atoms with Crippen LogP contribution in [-0.4, -0.2) is 35.2 Å². The molecular formula is C11H17N3O3. The Morgan fingerprint density at radius 3 is 3.35 bits per heavy atom. The van der Waals surface area contributed by atoms with Crippen LogP contribution in [0.2, 0.25) is 0 Å². The van der Waals surface area contributed by atoms with Gasteiger partial charge in [0.1, 0.15) is 0 Å². The molecular weight excluding hydrogens is 222 g/mol. The number of ether oxygens (including phenoxy) is 2. The van der Waals surface area contributed by atoms with E-state index in [-0.39, 0.29) is 6.10 Å². The molecule has 94 valence electrons. The summed E-state index contributed by atoms with van der Waals surface area (Å²) in [6.45, 7) is 3.68. The molecule has 1 unspecified atom stereocenters. The molecule has 1 aromatic heterocycles. The van der Waals surface area contributed by atoms with Crippen molar-refractivity contribution in [2.45, 2.75) is 32.4 Å². The Labute approximate surface area is 99.9 Å². The summed E-state index contributed by atoms with van der Waals surface area (Å²) in [6, 6.07) is 0. The van der Waals surface area contributed by atoms with E-state index in [1.807, 2.05) is 0 Å². The van der Waals surface area contributed by atoms with Crippen molar-refractivity contribution in [1.82, 2.24) is 9.78 Å². The number of carbonyl (C=O) groups is 1. The zero-order chi connectivity index (χ0) is 12.1. The Hall–Kier alpha value is -1.56. The lowest BCUT2D eigenvalue weighted by molar-refractivity contribution is 0.0940. The average molecular weight is 239 g/mol. The van der Waals surface area contributed by atoms with Gasteiger partial charge in [-0.15, -0.1) is 0 Å². The lowest BCUT2D eigenvalue weighted by Crippen LogP contribution is -2.15. The Balaban J connectivity index is 1.84. The van der Waals surface area contributed by atoms with Crippen molar-refractivity contribution >= 4 is 11.8 Å². The zero-order valence-electron chi connectivity index (χ0n) is 9.89. The normalized spacial score (nSPS) is 19.2. The highest BCUT2D eigenvalue weighted by Gasteiger charge is 2.16. The first-order valence-electron chi connectivity index (χ1n) is 5.85. The third kappa shape index (κ3) is 3.45. The van der Waals surface area contributed by atoms with E-state index in [1.54, 1.807) is 24.0 Å². The summed E-state index contributed by atoms with van der Waals surface area (Å²) in [5, 5.41) is 6.76. The maximum Gasteiger partial charge on any atom is 0.411 e. The second-order valence-electron chi connectivity index (χ2n) is 3.93. The largest absolute Gasteiger partial charge is 0.450 e. The standard InChI is InChI=1S/C11H17N3O3/c1-2-16-11(15)13-9-6-12-14(7-9)8-10-4-3-5-17-10/h6-7,10H,2-5,8H2,1H3,(H,13,15). The summed E-state index contributed by atoms with van der Waals surface area (Å²) >= 11 is 0. The van der Waals surface area contributed by atoms with E-state index in [0.29, 0.717) is 12.3 Å². The van der Waals surface area contributed by atoms with E-state index in [9.17, 15) is 4.79 Å². The predicted octanol–water partition coefficient (Wildman–Crippen LogP) is 1.63. The van der Waals surface area contributed by atoms with Crippen LogP contribution in [0.15, 0.2) is 12.4 Å². The quantitative estimate of drug-likeness (QED) is 0.867. The number of nitrogens with zero attached hydrogens (tertiary/aromatic N) is 2. The Bertz CT molecular complexity index is 372. The zero-order valence-corrected chi connectivity index (χ0v) is 9.89. The van der Waals surface area contributed by atoms with Gasteiger partial charge in [0.2, 0.25) is 0 Å². The number of nitrogens with one attached hydrogen (secondary N) is 1. The van der Waals surface area contributed by atoms with Gasteiger partial charge >= 0.3 is 6.09 Å². The number of hydrogen-bond acceptors (Lipinski definition) is 4. The van der Waals surface area contributed by atoms with Crippen LogP contribution in [-0.2, 0) is 16.0 Å². The van der Waals surface area contributed by atoms with Crippen LogP contribution in [0.4, 0.5) is 10.5 Å². The maximum atomic E-state index is 11.2. The second-order valence-corrected chi connectivity index (χ2v) is 3.93. The van der Waals surface area contributed by atoms with E-state index >= 15 is 0 Å². The predicted molar refractivity (Wildman–Crippen MR) is 61.8 cm³/mol. The van der Waals surface area contributed by atoms with Crippen molar-refractivity contribution < 1.29 is 14.3 Å². The van der Waals surface area contributed by atoms with E-state index in [4.69, 9.17) is 9.47 Å². The topological polar surface area (TPSA) is 65.4 Å². The average Bonchev–Trinajstić information content (AvgIpc) is 2.91. The molecule has 6 heteroatoms. The second kappa shape index (κ2) is 5.67. The molecule has 0 bridgehead atoms. The van der Waals surface area contributed by atoms with Crippen LogP contribution in [0, 0.1) is 0 Å². The Morgan fingerprint density at radius 2 is 2.65 bits per heavy atom. The van der Waals surface area contributed by atoms with Gasteiger partial charge in [0.05, 0.1) is 31.1 Å². The first-order valence-corrected chi connectivity index (χ1v) is 5.85. The fraction of sp³-hybridized carbons (Fsp3) is 0.636. The van der Waals surface area contributed by atoms with Gasteiger partial charge in [-0.25, -0.2) is 4.79 Å². The molecule has 17 heavy (non-hydrogen) atoms. The molecule has 1 atom stereocenters. The van der Waals surface area contributed by atoms with E-state index in [1.165, 1.54) is 0 Å². The van der Waals surface area contributed by atoms with E-state index in [2.05, 4.69) is 10.4 Å². The molecule has 0 saturated carbocycles. The van der Waals surface area contributed by atoms with Crippen molar-refractivity contribution in [2.75, 3.05) is 18.5 Å². The minimum Gasteiger partial charge on any atom is -0.450 e. The summed E-state index contributed by atoms with van der Waals surface area (Å²) in [6.07, 6.45) is 5.35. The van der Waals surface area contributed by atoms with Crippen LogP contribution >= 0.6 is 0 Å². The van der Waals surface area contributed by atoms with Gasteiger partial charge in [0.15, 0.2) is 0 Å². The maximum absolute atomic E-state index is 11.2. The molecule has 1 saturated heterocycles. The van der Waals surface area contributed by atoms with Crippen molar-refractivity contribution in [3.63, 3.8) is 0 Å². The molecule has 1 amide bonds. The fourth-order valence-electron chi connectivity index (χ4n) is 1.81. The fourth-order valence-corrected chi connectivity index (χ4v) is 1.81. The first kappa shape index (κ1) is 11.9. The highest BCUT2D eigenvalue weighted by molar-refractivity contribution is 5.84. The third-order valence-corrected chi connectivity index (χ3v) is 2.57. The summed E-state index contributed by atoms with van der Waals surface area (Å²) < 4.78 is 12.1. The highest BCUT2D eigenvalue weighted by Crippen LogP contribution is 2.14. The van der Waals surface area contributed by atoms with Gasteiger partial charge in [0.25, 0.3) is 0 Å². The smallest absolute Gasteiger partial charge is 0.411 e. The van der Waals surface area contributed by atoms with Crippen LogP contribution in [0.5, 0.6) is 0 Å². The number of rotatable bonds is 4. The number of carbonyl (C=O) groups excluding carboxylic acids is 1. The minimum atomic E-state index is -0.454. The molecule has 1 fully saturated rings. The van der Waals surface area contributed by atoms with Gasteiger partial charge < -0.3 is 9.47 Å². The monoisotopic (exact) mass is 239 g/mol. The number of aromatic nitrogens is 2. The third-order valence-electron chi connectivity index (χ3n) is 2.57. The molecule has 1 aliphatic heterocycles. The Morgan fingerprint density at radius 1 is 1.76 bits per heavy atom. The number of anilines is 1. The van der Waals surface area contributed by atoms with Crippen molar-refractivity contribution in [3.05, 3.63) is 12.4 Å². The molecule has 1 N–H and O–H groups in total. The van der Waals surface area contributed by atoms with Crippen molar-refractivity contribution in [3.8, 4) is 0 Å². The number of hydrogen-bond donors (Lipinski definition) is 1. The molecule has 0 spiro atoms. The summed E-state index contributed by atoms with van der Waals surface area (Å²) in [5.41, 5.74) is 0.640. The lowest BCUT2D eigenvalue weighted by Gasteiger charge is -2.08. The molecule has 0 radical (unpaired) electrons. The highest BCUT2D eigenvalue weighted by atomic mass is 16.5. The van der Waals surface area contributed by atoms with Gasteiger partial charge in [0, 0.05) is 12.8 Å². The minimum absolute atomic E-state index is 0.241. The van der Waals surface area contributed by atoms with Gasteiger partial charge in [-0.3, -0.25) is 10.00 Å². The van der Waals surface area contributed by atoms with Crippen LogP contribution in [0.3, 0.4) is 0 Å². The van der Waals surface area contributed by atoms with Crippen molar-refractivity contribution in [2.24, 2.45) is 0 Å². The summed E-state index contributed by atoms with van der Waals surface area (Å²) in [7, 11) is 0. The summed E-state index contributed by atoms with van der Waals surface area (Å²) in [4.78, 5) is 11.2. The molecule has 2 rings (SSSR count). The van der Waals surface area contributed by atoms with Gasteiger partial charge in [-0.1, -0.05) is 0 Å². The number of amides is 1. The van der Waals surface area contributed by atoms with Gasteiger partial charge in [-0.05, 0) is 19.8 Å². The Kier molecular flexibility index (Phi) is 3.98. The molecule has 1 aliphatic rings. The molecule has 0 aliphatic carbocycles. The lowest BCUT2D eigenvalue weighted by atomic mass is 10.2. The first-order chi connectivity index (χ1) is 8.28. The molecule has 2 heterocycles. The molecule has 0 aromatic carbocycles. The van der Waals surface area contributed by atoms with Crippen LogP contribution in [0.1, 0.15) is 19.8 Å². The van der Waals surface area contributed by atoms with Gasteiger partial charge in [-0.2, -0.15) is 5.10 Å². The van der Waals surface area contributed by atoms with Crippen LogP contribution in [0.25, 0.3) is 0 Å². The van der Waals surface area contributed by atoms with Crippen molar-refractivity contribution in [1.29, 1.82) is 0 Å². The SMILES string of the molecule is CCOC(=O)Nc1cnn(CC2CCCO2)c1.